The van der Waals surface area contributed by atoms with Gasteiger partial charge in [-0.15, -0.1) is 0 Å². The molecule has 0 radical (unpaired) electrons. The Hall–Kier alpha value is -2.37. The van der Waals surface area contributed by atoms with Gasteiger partial charge in [0.15, 0.2) is 0 Å². The number of amides is 1. The number of nitrogens with zero attached hydrogens (tertiary/aromatic N) is 1. The normalized spacial score (nSPS) is 26.7. The maximum Gasteiger partial charge on any atom is 0.311 e. The maximum absolute atomic E-state index is 13.3. The second-order valence-corrected chi connectivity index (χ2v) is 6.65. The number of benzene rings is 1. The summed E-state index contributed by atoms with van der Waals surface area (Å²) in [6.07, 6.45) is 2.40. The van der Waals surface area contributed by atoms with Crippen LogP contribution in [0.15, 0.2) is 24.3 Å². The summed E-state index contributed by atoms with van der Waals surface area (Å²) < 4.78 is 13.3. The highest BCUT2D eigenvalue weighted by Crippen LogP contribution is 2.49. The lowest BCUT2D eigenvalue weighted by atomic mass is 9.81. The summed E-state index contributed by atoms with van der Waals surface area (Å²) in [7, 11) is 0. The molecule has 2 aromatic rings. The van der Waals surface area contributed by atoms with E-state index in [9.17, 15) is 19.1 Å². The number of H-pyrrole nitrogens is 1. The molecule has 1 saturated carbocycles. The second kappa shape index (κ2) is 4.81. The number of rotatable bonds is 2. The Morgan fingerprint density at radius 3 is 2.91 bits per heavy atom. The van der Waals surface area contributed by atoms with Crippen molar-refractivity contribution in [1.29, 1.82) is 0 Å². The number of fused-ring (bicyclic) bond motifs is 2. The number of hydrogen-bond donors (Lipinski definition) is 2. The molecule has 1 amide bonds. The molecule has 1 aliphatic heterocycles. The second-order valence-electron chi connectivity index (χ2n) is 6.65. The summed E-state index contributed by atoms with van der Waals surface area (Å²) in [5.74, 6) is -1.33. The number of carboxylic acids is 1. The molecular formula is C17H17FN2O3. The summed E-state index contributed by atoms with van der Waals surface area (Å²) >= 11 is 0. The molecule has 2 atom stereocenters. The molecule has 6 heteroatoms. The molecule has 23 heavy (non-hydrogen) atoms. The Morgan fingerprint density at radius 2 is 2.17 bits per heavy atom. The highest BCUT2D eigenvalue weighted by Gasteiger charge is 2.55. The fourth-order valence-electron chi connectivity index (χ4n) is 4.18. The number of aromatic amines is 1. The van der Waals surface area contributed by atoms with Gasteiger partial charge in [0, 0.05) is 24.0 Å². The Morgan fingerprint density at radius 1 is 1.35 bits per heavy atom. The fourth-order valence-corrected chi connectivity index (χ4v) is 4.18. The predicted octanol–water partition coefficient (Wildman–Crippen LogP) is 2.63. The van der Waals surface area contributed by atoms with E-state index in [2.05, 4.69) is 4.98 Å². The van der Waals surface area contributed by atoms with E-state index < -0.39 is 11.4 Å². The molecule has 1 aliphatic carbocycles. The minimum absolute atomic E-state index is 0.0331. The van der Waals surface area contributed by atoms with E-state index in [0.29, 0.717) is 29.6 Å². The molecule has 2 aliphatic rings. The summed E-state index contributed by atoms with van der Waals surface area (Å²) in [4.78, 5) is 29.0. The number of carboxylic acid groups (broad SMARTS) is 1. The smallest absolute Gasteiger partial charge is 0.311 e. The van der Waals surface area contributed by atoms with Crippen molar-refractivity contribution in [1.82, 2.24) is 9.88 Å². The fraction of sp³-hybridized carbons (Fsp3) is 0.412. The Labute approximate surface area is 132 Å². The Bertz CT molecular complexity index is 815. The molecule has 2 fully saturated rings. The summed E-state index contributed by atoms with van der Waals surface area (Å²) in [5.41, 5.74) is 0.293. The highest BCUT2D eigenvalue weighted by molar-refractivity contribution is 5.98. The van der Waals surface area contributed by atoms with Gasteiger partial charge in [-0.1, -0.05) is 6.42 Å². The van der Waals surface area contributed by atoms with Gasteiger partial charge in [-0.25, -0.2) is 4.39 Å². The molecular weight excluding hydrogens is 299 g/mol. The molecule has 5 nitrogen and oxygen atoms in total. The summed E-state index contributed by atoms with van der Waals surface area (Å²) in [5, 5.41) is 10.2. The molecule has 0 spiro atoms. The first-order valence-corrected chi connectivity index (χ1v) is 7.80. The van der Waals surface area contributed by atoms with E-state index in [1.165, 1.54) is 12.1 Å². The number of nitrogens with one attached hydrogen (secondary N) is 1. The number of aliphatic carboxylic acids is 1. The SMILES string of the molecule is O=C(c1cc2cc(F)ccc2[nH]1)N1C[C@@H]2CCC[C@@]2(C(=O)O)C1. The van der Waals surface area contributed by atoms with Crippen molar-refractivity contribution in [3.05, 3.63) is 35.8 Å². The third-order valence-electron chi connectivity index (χ3n) is 5.40. The van der Waals surface area contributed by atoms with Gasteiger partial charge in [0.05, 0.1) is 5.41 Å². The van der Waals surface area contributed by atoms with Gasteiger partial charge < -0.3 is 15.0 Å². The summed E-state index contributed by atoms with van der Waals surface area (Å²) in [6.45, 7) is 0.740. The lowest BCUT2D eigenvalue weighted by Crippen LogP contribution is -2.37. The molecule has 1 aromatic carbocycles. The minimum Gasteiger partial charge on any atom is -0.481 e. The van der Waals surface area contributed by atoms with Crippen molar-refractivity contribution >= 4 is 22.8 Å². The van der Waals surface area contributed by atoms with E-state index in [0.717, 1.165) is 12.8 Å². The molecule has 2 heterocycles. The van der Waals surface area contributed by atoms with E-state index in [1.54, 1.807) is 17.0 Å². The maximum atomic E-state index is 13.3. The van der Waals surface area contributed by atoms with Crippen molar-refractivity contribution in [3.63, 3.8) is 0 Å². The number of carbonyl (C=O) groups excluding carboxylic acids is 1. The van der Waals surface area contributed by atoms with Crippen LogP contribution in [0.25, 0.3) is 10.9 Å². The van der Waals surface area contributed by atoms with Gasteiger partial charge in [-0.3, -0.25) is 9.59 Å². The van der Waals surface area contributed by atoms with Crippen molar-refractivity contribution in [2.24, 2.45) is 11.3 Å². The largest absolute Gasteiger partial charge is 0.481 e. The molecule has 4 rings (SSSR count). The Balaban J connectivity index is 1.63. The lowest BCUT2D eigenvalue weighted by Gasteiger charge is -2.23. The molecule has 0 unspecified atom stereocenters. The summed E-state index contributed by atoms with van der Waals surface area (Å²) in [6, 6.07) is 5.94. The van der Waals surface area contributed by atoms with Gasteiger partial charge in [-0.2, -0.15) is 0 Å². The van der Waals surface area contributed by atoms with Crippen LogP contribution in [-0.4, -0.2) is 40.0 Å². The van der Waals surface area contributed by atoms with Gasteiger partial charge in [0.25, 0.3) is 5.91 Å². The van der Waals surface area contributed by atoms with Crippen LogP contribution in [0, 0.1) is 17.2 Å². The quantitative estimate of drug-likeness (QED) is 0.894. The van der Waals surface area contributed by atoms with Crippen LogP contribution in [0.4, 0.5) is 4.39 Å². The third-order valence-corrected chi connectivity index (χ3v) is 5.40. The molecule has 2 N–H and O–H groups in total. The number of carbonyl (C=O) groups is 2. The van der Waals surface area contributed by atoms with E-state index >= 15 is 0 Å². The highest BCUT2D eigenvalue weighted by atomic mass is 19.1. The number of hydrogen-bond acceptors (Lipinski definition) is 2. The van der Waals surface area contributed by atoms with E-state index in [-0.39, 0.29) is 24.2 Å². The average Bonchev–Trinajstić information content (AvgIpc) is 3.17. The van der Waals surface area contributed by atoms with E-state index in [1.807, 2.05) is 0 Å². The lowest BCUT2D eigenvalue weighted by molar-refractivity contribution is -0.149. The standard InChI is InChI=1S/C17H17FN2O3/c18-12-3-4-13-10(6-12)7-14(19-13)15(21)20-8-11-2-1-5-17(11,9-20)16(22)23/h3-4,6-7,11,19H,1-2,5,8-9H2,(H,22,23)/t11-,17+/m0/s1. The van der Waals surface area contributed by atoms with Crippen molar-refractivity contribution in [3.8, 4) is 0 Å². The van der Waals surface area contributed by atoms with Crippen LogP contribution in [0.5, 0.6) is 0 Å². The van der Waals surface area contributed by atoms with Gasteiger partial charge >= 0.3 is 5.97 Å². The number of aromatic nitrogens is 1. The zero-order valence-electron chi connectivity index (χ0n) is 12.5. The monoisotopic (exact) mass is 316 g/mol. The van der Waals surface area contributed by atoms with Crippen molar-refractivity contribution < 1.29 is 19.1 Å². The number of halogens is 1. The van der Waals surface area contributed by atoms with Gasteiger partial charge in [0.2, 0.25) is 0 Å². The molecule has 1 saturated heterocycles. The van der Waals surface area contributed by atoms with Crippen LogP contribution < -0.4 is 0 Å². The zero-order valence-corrected chi connectivity index (χ0v) is 12.5. The predicted molar refractivity (Wildman–Crippen MR) is 81.6 cm³/mol. The molecule has 0 bridgehead atoms. The van der Waals surface area contributed by atoms with Crippen LogP contribution in [-0.2, 0) is 4.79 Å². The van der Waals surface area contributed by atoms with Crippen LogP contribution in [0.2, 0.25) is 0 Å². The van der Waals surface area contributed by atoms with Gasteiger partial charge in [-0.05, 0) is 43.0 Å². The third kappa shape index (κ3) is 2.04. The first-order valence-electron chi connectivity index (χ1n) is 7.80. The topological polar surface area (TPSA) is 73.4 Å². The van der Waals surface area contributed by atoms with E-state index in [4.69, 9.17) is 0 Å². The minimum atomic E-state index is -0.797. The van der Waals surface area contributed by atoms with Gasteiger partial charge in [0.1, 0.15) is 11.5 Å². The molecule has 1 aromatic heterocycles. The van der Waals surface area contributed by atoms with Crippen molar-refractivity contribution in [2.75, 3.05) is 13.1 Å². The number of likely N-dealkylation sites (tertiary alicyclic amines) is 1. The zero-order chi connectivity index (χ0) is 16.2. The van der Waals surface area contributed by atoms with Crippen LogP contribution >= 0.6 is 0 Å². The van der Waals surface area contributed by atoms with Crippen LogP contribution in [0.3, 0.4) is 0 Å². The Kier molecular flexibility index (Phi) is 2.98. The first-order chi connectivity index (χ1) is 11.0. The molecule has 120 valence electrons. The first kappa shape index (κ1) is 14.2. The van der Waals surface area contributed by atoms with Crippen LogP contribution in [0.1, 0.15) is 29.8 Å². The van der Waals surface area contributed by atoms with Crippen molar-refractivity contribution in [2.45, 2.75) is 19.3 Å². The average molecular weight is 316 g/mol.